The molecule has 6 nitrogen and oxygen atoms in total. The highest BCUT2D eigenvalue weighted by molar-refractivity contribution is 7.78. The molecule has 0 radical (unpaired) electrons. The van der Waals surface area contributed by atoms with Crippen molar-refractivity contribution in [3.05, 3.63) is 76.9 Å². The zero-order valence-corrected chi connectivity index (χ0v) is 16.5. The maximum absolute atomic E-state index is 14.1. The molecule has 2 aromatic rings. The van der Waals surface area contributed by atoms with Gasteiger partial charge in [0.15, 0.2) is 5.88 Å². The molecule has 0 unspecified atom stereocenters. The van der Waals surface area contributed by atoms with E-state index in [0.717, 1.165) is 11.1 Å². The average Bonchev–Trinajstić information content (AvgIpc) is 2.70. The van der Waals surface area contributed by atoms with Gasteiger partial charge in [0.1, 0.15) is 11.4 Å². The van der Waals surface area contributed by atoms with Crippen LogP contribution in [0.15, 0.2) is 60.0 Å². The molecule has 1 heterocycles. The third kappa shape index (κ3) is 4.27. The topological polar surface area (TPSA) is 81.7 Å². The third-order valence-corrected chi connectivity index (χ3v) is 4.90. The van der Waals surface area contributed by atoms with Crippen LogP contribution in [0.5, 0.6) is 0 Å². The molecule has 8 heteroatoms. The van der Waals surface area contributed by atoms with Crippen molar-refractivity contribution in [2.45, 2.75) is 19.4 Å². The molecule has 0 saturated carbocycles. The van der Waals surface area contributed by atoms with Crippen LogP contribution in [0.25, 0.3) is 0 Å². The lowest BCUT2D eigenvalue weighted by atomic mass is 9.87. The Balaban J connectivity index is 2.12. The number of hydrogen-bond donors (Lipinski definition) is 3. The molecule has 0 bridgehead atoms. The van der Waals surface area contributed by atoms with Gasteiger partial charge in [-0.25, -0.2) is 4.39 Å². The Morgan fingerprint density at radius 2 is 1.90 bits per heavy atom. The van der Waals surface area contributed by atoms with Crippen molar-refractivity contribution in [3.8, 4) is 0 Å². The Kier molecular flexibility index (Phi) is 6.23. The number of halogens is 1. The number of hydrogen-bond acceptors (Lipinski definition) is 4. The lowest BCUT2D eigenvalue weighted by molar-refractivity contribution is -0.131. The van der Waals surface area contributed by atoms with Crippen molar-refractivity contribution in [2.24, 2.45) is 0 Å². The molecule has 2 aromatic carbocycles. The number of aliphatic hydroxyl groups is 1. The van der Waals surface area contributed by atoms with E-state index in [0.29, 0.717) is 18.5 Å². The normalized spacial score (nSPS) is 16.3. The highest BCUT2D eigenvalue weighted by atomic mass is 32.1. The van der Waals surface area contributed by atoms with Crippen molar-refractivity contribution in [2.75, 3.05) is 11.9 Å². The number of amides is 2. The summed E-state index contributed by atoms with van der Waals surface area (Å²) in [5.74, 6) is -2.11. The molecule has 1 aliphatic heterocycles. The first-order valence-electron chi connectivity index (χ1n) is 8.98. The van der Waals surface area contributed by atoms with Gasteiger partial charge in [0.2, 0.25) is 5.91 Å². The van der Waals surface area contributed by atoms with Crippen LogP contribution in [0.1, 0.15) is 24.1 Å². The van der Waals surface area contributed by atoms with Crippen molar-refractivity contribution in [1.29, 1.82) is 0 Å². The van der Waals surface area contributed by atoms with Crippen molar-refractivity contribution >= 4 is 35.2 Å². The standard InChI is InChI=1S/C21H20FN3O3S/c1-13(26)25-11-10-14-6-2-3-7-15(14)19(25)18(20(27)23-12-29)21(28)24-17-9-5-4-8-16(17)22/h2-9,12,19,27H,10-11H2,1H3,(H,23,29)(H,24,28)/b20-18+/t19-/m1/s1. The molecular weight excluding hydrogens is 393 g/mol. The van der Waals surface area contributed by atoms with Gasteiger partial charge in [0.25, 0.3) is 5.91 Å². The molecule has 150 valence electrons. The number of fused-ring (bicyclic) bond motifs is 1. The molecule has 3 rings (SSSR count). The third-order valence-electron chi connectivity index (χ3n) is 4.78. The number of carbonyl (C=O) groups excluding carboxylic acids is 2. The highest BCUT2D eigenvalue weighted by Crippen LogP contribution is 2.36. The average molecular weight is 413 g/mol. The smallest absolute Gasteiger partial charge is 0.259 e. The van der Waals surface area contributed by atoms with Gasteiger partial charge >= 0.3 is 0 Å². The Morgan fingerprint density at radius 3 is 2.59 bits per heavy atom. The van der Waals surface area contributed by atoms with Crippen LogP contribution in [0, 0.1) is 5.82 Å². The van der Waals surface area contributed by atoms with Crippen LogP contribution < -0.4 is 10.6 Å². The second-order valence-corrected chi connectivity index (χ2v) is 6.76. The van der Waals surface area contributed by atoms with Crippen LogP contribution in [0.3, 0.4) is 0 Å². The van der Waals surface area contributed by atoms with Crippen molar-refractivity contribution in [1.82, 2.24) is 10.2 Å². The first kappa shape index (κ1) is 20.5. The number of nitrogens with one attached hydrogen (secondary N) is 2. The Hall–Kier alpha value is -3.26. The van der Waals surface area contributed by atoms with Crippen molar-refractivity contribution in [3.63, 3.8) is 0 Å². The summed E-state index contributed by atoms with van der Waals surface area (Å²) >= 11 is 4.74. The minimum Gasteiger partial charge on any atom is -0.494 e. The van der Waals surface area contributed by atoms with Gasteiger partial charge in [0.05, 0.1) is 17.2 Å². The second-order valence-electron chi connectivity index (χ2n) is 6.52. The first-order chi connectivity index (χ1) is 13.9. The molecule has 0 aromatic heterocycles. The first-order valence-corrected chi connectivity index (χ1v) is 9.45. The van der Waals surface area contributed by atoms with Crippen LogP contribution in [0.4, 0.5) is 10.1 Å². The monoisotopic (exact) mass is 413 g/mol. The Morgan fingerprint density at radius 1 is 1.21 bits per heavy atom. The SMILES string of the molecule is CC(=O)N1CCc2ccccc2[C@@H]1/C(C(=O)Nc1ccccc1F)=C(\O)NC=S. The van der Waals surface area contributed by atoms with Gasteiger partial charge in [-0.1, -0.05) is 48.6 Å². The number of thiocarbonyl (C=S) groups is 1. The van der Waals surface area contributed by atoms with E-state index >= 15 is 0 Å². The summed E-state index contributed by atoms with van der Waals surface area (Å²) in [6.45, 7) is 1.77. The van der Waals surface area contributed by atoms with E-state index in [1.54, 1.807) is 18.2 Å². The van der Waals surface area contributed by atoms with Crippen LogP contribution in [-0.4, -0.2) is 33.9 Å². The van der Waals surface area contributed by atoms with Gasteiger partial charge in [-0.3, -0.25) is 9.59 Å². The van der Waals surface area contributed by atoms with Gasteiger partial charge < -0.3 is 20.6 Å². The molecule has 1 aliphatic rings. The number of aliphatic hydroxyl groups excluding tert-OH is 1. The van der Waals surface area contributed by atoms with Crippen molar-refractivity contribution < 1.29 is 19.1 Å². The van der Waals surface area contributed by atoms with Gasteiger partial charge in [-0.05, 0) is 29.7 Å². The molecule has 0 fully saturated rings. The maximum atomic E-state index is 14.1. The maximum Gasteiger partial charge on any atom is 0.259 e. The molecular formula is C21H20FN3O3S. The fraction of sp³-hybridized carbons (Fsp3) is 0.190. The summed E-state index contributed by atoms with van der Waals surface area (Å²) in [7, 11) is 0. The van der Waals surface area contributed by atoms with E-state index in [2.05, 4.69) is 10.6 Å². The molecule has 3 N–H and O–H groups in total. The molecule has 0 aliphatic carbocycles. The van der Waals surface area contributed by atoms with Gasteiger partial charge in [0, 0.05) is 13.5 Å². The van der Waals surface area contributed by atoms with E-state index in [1.807, 2.05) is 12.1 Å². The summed E-state index contributed by atoms with van der Waals surface area (Å²) in [5.41, 5.74) is 2.56. The van der Waals surface area contributed by atoms with E-state index in [1.165, 1.54) is 30.0 Å². The largest absolute Gasteiger partial charge is 0.494 e. The molecule has 29 heavy (non-hydrogen) atoms. The zero-order valence-electron chi connectivity index (χ0n) is 15.7. The van der Waals surface area contributed by atoms with Crippen LogP contribution >= 0.6 is 12.2 Å². The lowest BCUT2D eigenvalue weighted by Crippen LogP contribution is -2.43. The molecule has 0 saturated heterocycles. The summed E-state index contributed by atoms with van der Waals surface area (Å²) in [4.78, 5) is 27.0. The summed E-state index contributed by atoms with van der Waals surface area (Å²) in [5, 5.41) is 15.5. The van der Waals surface area contributed by atoms with Gasteiger partial charge in [-0.2, -0.15) is 0 Å². The fourth-order valence-electron chi connectivity index (χ4n) is 3.46. The van der Waals surface area contributed by atoms with E-state index in [9.17, 15) is 19.1 Å². The fourth-order valence-corrected chi connectivity index (χ4v) is 3.58. The van der Waals surface area contributed by atoms with Crippen LogP contribution in [-0.2, 0) is 16.0 Å². The Labute approximate surface area is 173 Å². The molecule has 2 amide bonds. The molecule has 0 spiro atoms. The predicted octanol–water partition coefficient (Wildman–Crippen LogP) is 3.23. The number of para-hydroxylation sites is 1. The minimum absolute atomic E-state index is 0.0383. The van der Waals surface area contributed by atoms with E-state index in [-0.39, 0.29) is 17.2 Å². The number of carbonyl (C=O) groups is 2. The predicted molar refractivity (Wildman–Crippen MR) is 112 cm³/mol. The number of benzene rings is 2. The number of anilines is 1. The van der Waals surface area contributed by atoms with E-state index in [4.69, 9.17) is 12.2 Å². The summed E-state index contributed by atoms with van der Waals surface area (Å²) in [6, 6.07) is 12.2. The number of nitrogens with zero attached hydrogens (tertiary/aromatic N) is 1. The number of rotatable bonds is 5. The van der Waals surface area contributed by atoms with E-state index < -0.39 is 23.6 Å². The Bertz CT molecular complexity index is 993. The van der Waals surface area contributed by atoms with Gasteiger partial charge in [-0.15, -0.1) is 0 Å². The lowest BCUT2D eigenvalue weighted by Gasteiger charge is -2.37. The summed E-state index contributed by atoms with van der Waals surface area (Å²) < 4.78 is 14.1. The minimum atomic E-state index is -0.855. The summed E-state index contributed by atoms with van der Waals surface area (Å²) in [6.07, 6.45) is 0.621. The highest BCUT2D eigenvalue weighted by Gasteiger charge is 2.37. The molecule has 1 atom stereocenters. The quantitative estimate of drug-likeness (QED) is 0.398. The zero-order chi connectivity index (χ0) is 21.0. The second kappa shape index (κ2) is 8.83. The van der Waals surface area contributed by atoms with Crippen LogP contribution in [0.2, 0.25) is 0 Å².